The van der Waals surface area contributed by atoms with Gasteiger partial charge in [0.1, 0.15) is 0 Å². The molecule has 0 heterocycles. The molecule has 1 aromatic rings. The van der Waals surface area contributed by atoms with Crippen LogP contribution >= 0.6 is 0 Å². The Morgan fingerprint density at radius 3 is 2.65 bits per heavy atom. The van der Waals surface area contributed by atoms with Crippen molar-refractivity contribution in [3.63, 3.8) is 0 Å². The highest BCUT2D eigenvalue weighted by molar-refractivity contribution is 5.92. The second-order valence-corrected chi connectivity index (χ2v) is 5.07. The van der Waals surface area contributed by atoms with E-state index < -0.39 is 0 Å². The number of nitrogens with one attached hydrogen (secondary N) is 1. The lowest BCUT2D eigenvalue weighted by Gasteiger charge is -2.21. The molecular weight excluding hydrogens is 252 g/mol. The third kappa shape index (κ3) is 6.17. The number of carbonyl (C=O) groups is 1. The minimum Gasteiger partial charge on any atom is -0.396 e. The minimum atomic E-state index is 0.0248. The largest absolute Gasteiger partial charge is 0.396 e. The predicted molar refractivity (Wildman–Crippen MR) is 82.9 cm³/mol. The molecule has 0 aliphatic heterocycles. The molecule has 2 N–H and O–H groups in total. The zero-order valence-electron chi connectivity index (χ0n) is 12.6. The van der Waals surface area contributed by atoms with Crippen molar-refractivity contribution in [2.24, 2.45) is 0 Å². The van der Waals surface area contributed by atoms with Crippen LogP contribution in [0.4, 0.5) is 5.69 Å². The van der Waals surface area contributed by atoms with E-state index in [4.69, 9.17) is 5.11 Å². The van der Waals surface area contributed by atoms with Crippen molar-refractivity contribution in [3.05, 3.63) is 29.8 Å². The summed E-state index contributed by atoms with van der Waals surface area (Å²) in [4.78, 5) is 14.2. The van der Waals surface area contributed by atoms with Gasteiger partial charge in [0.15, 0.2) is 0 Å². The van der Waals surface area contributed by atoms with Crippen molar-refractivity contribution in [2.75, 3.05) is 31.6 Å². The molecule has 0 radical (unpaired) electrons. The molecule has 0 spiro atoms. The van der Waals surface area contributed by atoms with Crippen LogP contribution in [0.1, 0.15) is 31.7 Å². The number of carbonyl (C=O) groups excluding carboxylic acids is 1. The van der Waals surface area contributed by atoms with E-state index in [1.54, 1.807) is 0 Å². The number of anilines is 1. The van der Waals surface area contributed by atoms with E-state index in [-0.39, 0.29) is 12.5 Å². The van der Waals surface area contributed by atoms with E-state index in [1.165, 1.54) is 0 Å². The fourth-order valence-corrected chi connectivity index (χ4v) is 2.14. The Morgan fingerprint density at radius 2 is 2.00 bits per heavy atom. The van der Waals surface area contributed by atoms with Crippen LogP contribution in [0.15, 0.2) is 24.3 Å². The molecule has 0 bridgehead atoms. The molecule has 0 aliphatic carbocycles. The minimum absolute atomic E-state index is 0.0248. The molecule has 0 fully saturated rings. The van der Waals surface area contributed by atoms with Crippen LogP contribution in [0.25, 0.3) is 0 Å². The first-order chi connectivity index (χ1) is 9.67. The number of benzene rings is 1. The number of aryl methyl sites for hydroxylation is 1. The predicted octanol–water partition coefficient (Wildman–Crippen LogP) is 2.42. The van der Waals surface area contributed by atoms with Crippen LogP contribution in [-0.4, -0.2) is 42.2 Å². The number of hydrogen-bond donors (Lipinski definition) is 2. The number of para-hydroxylation sites is 1. The Balaban J connectivity index is 2.46. The summed E-state index contributed by atoms with van der Waals surface area (Å²) >= 11 is 0. The van der Waals surface area contributed by atoms with Crippen LogP contribution in [0.2, 0.25) is 0 Å². The maximum absolute atomic E-state index is 12.1. The number of unbranched alkanes of at least 4 members (excludes halogenated alkanes) is 1. The number of aliphatic hydroxyl groups excluding tert-OH is 1. The Labute approximate surface area is 121 Å². The third-order valence-corrected chi connectivity index (χ3v) is 3.21. The molecule has 4 heteroatoms. The monoisotopic (exact) mass is 278 g/mol. The normalized spacial score (nSPS) is 10.8. The first kappa shape index (κ1) is 16.7. The first-order valence-electron chi connectivity index (χ1n) is 7.36. The van der Waals surface area contributed by atoms with Gasteiger partial charge in [0, 0.05) is 12.3 Å². The summed E-state index contributed by atoms with van der Waals surface area (Å²) < 4.78 is 0. The summed E-state index contributed by atoms with van der Waals surface area (Å²) in [6, 6.07) is 7.79. The smallest absolute Gasteiger partial charge is 0.238 e. The van der Waals surface area contributed by atoms with Gasteiger partial charge < -0.3 is 10.4 Å². The summed E-state index contributed by atoms with van der Waals surface area (Å²) in [5, 5.41) is 11.8. The van der Waals surface area contributed by atoms with Crippen molar-refractivity contribution in [1.82, 2.24) is 4.90 Å². The summed E-state index contributed by atoms with van der Waals surface area (Å²) in [6.45, 7) is 6.49. The van der Waals surface area contributed by atoms with Gasteiger partial charge in [0.25, 0.3) is 0 Å². The van der Waals surface area contributed by atoms with Gasteiger partial charge in [0.2, 0.25) is 5.91 Å². The molecule has 1 rings (SSSR count). The highest BCUT2D eigenvalue weighted by atomic mass is 16.2. The van der Waals surface area contributed by atoms with Crippen LogP contribution in [0.3, 0.4) is 0 Å². The van der Waals surface area contributed by atoms with Gasteiger partial charge in [-0.3, -0.25) is 9.69 Å². The molecule has 0 atom stereocenters. The first-order valence-corrected chi connectivity index (χ1v) is 7.36. The number of amides is 1. The second-order valence-electron chi connectivity index (χ2n) is 5.07. The number of rotatable bonds is 9. The van der Waals surface area contributed by atoms with E-state index in [2.05, 4.69) is 17.1 Å². The topological polar surface area (TPSA) is 52.6 Å². The Morgan fingerprint density at radius 1 is 1.25 bits per heavy atom. The van der Waals surface area contributed by atoms with Gasteiger partial charge in [-0.2, -0.15) is 0 Å². The molecular formula is C16H26N2O2. The second kappa shape index (κ2) is 9.50. The number of nitrogens with zero attached hydrogens (tertiary/aromatic N) is 1. The van der Waals surface area contributed by atoms with Crippen LogP contribution in [0, 0.1) is 6.92 Å². The molecule has 0 aromatic heterocycles. The van der Waals surface area contributed by atoms with Crippen molar-refractivity contribution < 1.29 is 9.90 Å². The molecule has 0 saturated carbocycles. The summed E-state index contributed by atoms with van der Waals surface area (Å²) in [7, 11) is 0. The van der Waals surface area contributed by atoms with E-state index >= 15 is 0 Å². The molecule has 4 nitrogen and oxygen atoms in total. The summed E-state index contributed by atoms with van der Waals surface area (Å²) in [6.07, 6.45) is 2.74. The zero-order chi connectivity index (χ0) is 14.8. The Hall–Kier alpha value is -1.39. The van der Waals surface area contributed by atoms with Crippen LogP contribution in [-0.2, 0) is 4.79 Å². The maximum Gasteiger partial charge on any atom is 0.238 e. The van der Waals surface area contributed by atoms with Gasteiger partial charge in [-0.15, -0.1) is 0 Å². The highest BCUT2D eigenvalue weighted by Gasteiger charge is 2.10. The number of hydrogen-bond acceptors (Lipinski definition) is 3. The van der Waals surface area contributed by atoms with E-state index in [0.717, 1.165) is 43.6 Å². The Bertz CT molecular complexity index is 407. The SMILES string of the molecule is CCCN(CCCCO)CC(=O)Nc1ccccc1C. The lowest BCUT2D eigenvalue weighted by Crippen LogP contribution is -2.34. The molecule has 1 aromatic carbocycles. The lowest BCUT2D eigenvalue weighted by molar-refractivity contribution is -0.117. The van der Waals surface area contributed by atoms with E-state index in [9.17, 15) is 4.79 Å². The van der Waals surface area contributed by atoms with Gasteiger partial charge in [-0.25, -0.2) is 0 Å². The van der Waals surface area contributed by atoms with Gasteiger partial charge in [-0.05, 0) is 50.9 Å². The van der Waals surface area contributed by atoms with Gasteiger partial charge in [0.05, 0.1) is 6.54 Å². The fourth-order valence-electron chi connectivity index (χ4n) is 2.14. The zero-order valence-corrected chi connectivity index (χ0v) is 12.6. The highest BCUT2D eigenvalue weighted by Crippen LogP contribution is 2.13. The van der Waals surface area contributed by atoms with E-state index in [1.807, 2.05) is 31.2 Å². The van der Waals surface area contributed by atoms with Crippen molar-refractivity contribution in [2.45, 2.75) is 33.1 Å². The number of aliphatic hydroxyl groups is 1. The molecule has 20 heavy (non-hydrogen) atoms. The average molecular weight is 278 g/mol. The maximum atomic E-state index is 12.1. The quantitative estimate of drug-likeness (QED) is 0.682. The van der Waals surface area contributed by atoms with Crippen molar-refractivity contribution in [1.29, 1.82) is 0 Å². The van der Waals surface area contributed by atoms with Crippen LogP contribution < -0.4 is 5.32 Å². The van der Waals surface area contributed by atoms with Crippen molar-refractivity contribution >= 4 is 11.6 Å². The molecule has 1 amide bonds. The fraction of sp³-hybridized carbons (Fsp3) is 0.562. The van der Waals surface area contributed by atoms with Crippen molar-refractivity contribution in [3.8, 4) is 0 Å². The van der Waals surface area contributed by atoms with E-state index in [0.29, 0.717) is 6.54 Å². The molecule has 0 unspecified atom stereocenters. The molecule has 112 valence electrons. The summed E-state index contributed by atoms with van der Waals surface area (Å²) in [5.41, 5.74) is 1.95. The molecule has 0 saturated heterocycles. The average Bonchev–Trinajstić information content (AvgIpc) is 2.42. The van der Waals surface area contributed by atoms with Gasteiger partial charge in [-0.1, -0.05) is 25.1 Å². The van der Waals surface area contributed by atoms with Crippen LogP contribution in [0.5, 0.6) is 0 Å². The molecule has 0 aliphatic rings. The third-order valence-electron chi connectivity index (χ3n) is 3.21. The van der Waals surface area contributed by atoms with Gasteiger partial charge >= 0.3 is 0 Å². The lowest BCUT2D eigenvalue weighted by atomic mass is 10.2. The standard InChI is InChI=1S/C16H26N2O2/c1-3-10-18(11-6-7-12-19)13-16(20)17-15-9-5-4-8-14(15)2/h4-5,8-9,19H,3,6-7,10-13H2,1-2H3,(H,17,20). The Kier molecular flexibility index (Phi) is 7.92. The summed E-state index contributed by atoms with van der Waals surface area (Å²) in [5.74, 6) is 0.0248.